The van der Waals surface area contributed by atoms with Gasteiger partial charge in [-0.25, -0.2) is 9.37 Å². The highest BCUT2D eigenvalue weighted by Gasteiger charge is 2.27. The molecule has 0 radical (unpaired) electrons. The highest BCUT2D eigenvalue weighted by molar-refractivity contribution is 5.55. The topological polar surface area (TPSA) is 68.2 Å². The molecule has 30 heavy (non-hydrogen) atoms. The van der Waals surface area contributed by atoms with Crippen LogP contribution in [0.5, 0.6) is 0 Å². The summed E-state index contributed by atoms with van der Waals surface area (Å²) in [6.07, 6.45) is 3.80. The van der Waals surface area contributed by atoms with Crippen LogP contribution in [0.3, 0.4) is 0 Å². The molecule has 152 valence electrons. The van der Waals surface area contributed by atoms with Crippen LogP contribution in [-0.2, 0) is 6.54 Å². The minimum absolute atomic E-state index is 0.156. The third-order valence-electron chi connectivity index (χ3n) is 5.37. The van der Waals surface area contributed by atoms with Crippen molar-refractivity contribution in [1.29, 1.82) is 0 Å². The van der Waals surface area contributed by atoms with Gasteiger partial charge in [0, 0.05) is 17.7 Å². The molecule has 3 heterocycles. The van der Waals surface area contributed by atoms with Crippen molar-refractivity contribution in [3.05, 3.63) is 78.4 Å². The molecule has 2 aromatic heterocycles. The van der Waals surface area contributed by atoms with Gasteiger partial charge in [-0.2, -0.15) is 4.98 Å². The van der Waals surface area contributed by atoms with Crippen molar-refractivity contribution in [2.75, 3.05) is 13.1 Å². The summed E-state index contributed by atoms with van der Waals surface area (Å²) in [5.74, 6) is 2.46. The number of hydrogen-bond donors (Lipinski definition) is 0. The predicted octanol–water partition coefficient (Wildman–Crippen LogP) is 4.91. The lowest BCUT2D eigenvalue weighted by molar-refractivity contribution is 0.167. The van der Waals surface area contributed by atoms with Gasteiger partial charge in [-0.3, -0.25) is 4.90 Å². The maximum Gasteiger partial charge on any atom is 0.231 e. The van der Waals surface area contributed by atoms with Gasteiger partial charge in [-0.05, 0) is 43.7 Å². The number of hydrogen-bond acceptors (Lipinski definition) is 6. The molecule has 0 saturated carbocycles. The number of aromatic nitrogens is 3. The second-order valence-electron chi connectivity index (χ2n) is 7.52. The molecule has 2 aromatic carbocycles. The Bertz CT molecular complexity index is 1110. The molecular formula is C23H21FN4O2. The van der Waals surface area contributed by atoms with Crippen molar-refractivity contribution in [2.45, 2.75) is 25.3 Å². The summed E-state index contributed by atoms with van der Waals surface area (Å²) < 4.78 is 24.6. The quantitative estimate of drug-likeness (QED) is 0.471. The number of rotatable bonds is 5. The van der Waals surface area contributed by atoms with Gasteiger partial charge in [0.2, 0.25) is 17.6 Å². The van der Waals surface area contributed by atoms with E-state index in [0.717, 1.165) is 42.8 Å². The molecule has 0 spiro atoms. The first kappa shape index (κ1) is 18.7. The highest BCUT2D eigenvalue weighted by atomic mass is 19.1. The monoisotopic (exact) mass is 404 g/mol. The van der Waals surface area contributed by atoms with Crippen LogP contribution in [0.4, 0.5) is 4.39 Å². The van der Waals surface area contributed by atoms with Crippen LogP contribution >= 0.6 is 0 Å². The van der Waals surface area contributed by atoms with Gasteiger partial charge < -0.3 is 8.94 Å². The van der Waals surface area contributed by atoms with Gasteiger partial charge in [0.05, 0.1) is 18.7 Å². The molecule has 0 N–H and O–H groups in total. The Morgan fingerprint density at radius 1 is 1.03 bits per heavy atom. The number of oxazole rings is 1. The van der Waals surface area contributed by atoms with Crippen molar-refractivity contribution in [1.82, 2.24) is 20.0 Å². The largest absolute Gasteiger partial charge is 0.439 e. The van der Waals surface area contributed by atoms with Crippen molar-refractivity contribution < 1.29 is 13.3 Å². The highest BCUT2D eigenvalue weighted by Crippen LogP contribution is 2.29. The summed E-state index contributed by atoms with van der Waals surface area (Å²) in [6.45, 7) is 2.41. The van der Waals surface area contributed by atoms with Gasteiger partial charge in [0.15, 0.2) is 5.76 Å². The molecule has 0 aliphatic carbocycles. The van der Waals surface area contributed by atoms with Crippen LogP contribution in [0.2, 0.25) is 0 Å². The molecule has 1 fully saturated rings. The number of nitrogens with zero attached hydrogens (tertiary/aromatic N) is 4. The van der Waals surface area contributed by atoms with Gasteiger partial charge in [-0.15, -0.1) is 0 Å². The zero-order valence-corrected chi connectivity index (χ0v) is 16.4. The molecule has 5 rings (SSSR count). The van der Waals surface area contributed by atoms with E-state index in [1.807, 2.05) is 30.3 Å². The second-order valence-corrected chi connectivity index (χ2v) is 7.52. The Kier molecular flexibility index (Phi) is 5.11. The molecule has 1 unspecified atom stereocenters. The van der Waals surface area contributed by atoms with E-state index < -0.39 is 0 Å². The normalized spacial score (nSPS) is 17.3. The molecular weight excluding hydrogens is 383 g/mol. The van der Waals surface area contributed by atoms with Gasteiger partial charge in [0.25, 0.3) is 0 Å². The first-order valence-electron chi connectivity index (χ1n) is 10.1. The number of halogens is 1. The molecule has 0 amide bonds. The fraction of sp³-hybridized carbons (Fsp3) is 0.261. The number of benzene rings is 2. The lowest BCUT2D eigenvalue weighted by atomic mass is 9.98. The van der Waals surface area contributed by atoms with Gasteiger partial charge >= 0.3 is 0 Å². The minimum atomic E-state index is -0.285. The SMILES string of the molecule is Fc1ccc(-c2noc(C3CCCN(Cc4ncc(-c5ccccc5)o4)C3)n2)cc1. The van der Waals surface area contributed by atoms with E-state index in [1.165, 1.54) is 12.1 Å². The smallest absolute Gasteiger partial charge is 0.231 e. The van der Waals surface area contributed by atoms with Crippen molar-refractivity contribution in [3.8, 4) is 22.7 Å². The van der Waals surface area contributed by atoms with Crippen molar-refractivity contribution in [2.24, 2.45) is 0 Å². The fourth-order valence-corrected chi connectivity index (χ4v) is 3.83. The summed E-state index contributed by atoms with van der Waals surface area (Å²) in [5.41, 5.74) is 1.76. The molecule has 1 atom stereocenters. The Labute approximate surface area is 173 Å². The van der Waals surface area contributed by atoms with Crippen LogP contribution in [0.1, 0.15) is 30.5 Å². The van der Waals surface area contributed by atoms with Gasteiger partial charge in [-0.1, -0.05) is 35.5 Å². The zero-order valence-electron chi connectivity index (χ0n) is 16.4. The van der Waals surface area contributed by atoms with Crippen LogP contribution in [0.15, 0.2) is 69.7 Å². The standard InChI is InChI=1S/C23H21FN4O2/c24-19-10-8-17(9-11-19)22-26-23(30-27-22)18-7-4-12-28(14-18)15-21-25-13-20(29-21)16-5-2-1-3-6-16/h1-3,5-6,8-11,13,18H,4,7,12,14-15H2. The molecule has 6 nitrogen and oxygen atoms in total. The minimum Gasteiger partial charge on any atom is -0.439 e. The third kappa shape index (κ3) is 4.02. The van der Waals surface area contributed by atoms with Crippen LogP contribution in [0, 0.1) is 5.82 Å². The summed E-state index contributed by atoms with van der Waals surface area (Å²) in [5, 5.41) is 4.08. The Hall–Kier alpha value is -3.32. The third-order valence-corrected chi connectivity index (χ3v) is 5.37. The Morgan fingerprint density at radius 3 is 2.70 bits per heavy atom. The van der Waals surface area contributed by atoms with Crippen LogP contribution in [0.25, 0.3) is 22.7 Å². The molecule has 1 saturated heterocycles. The van der Waals surface area contributed by atoms with Gasteiger partial charge in [0.1, 0.15) is 5.82 Å². The van der Waals surface area contributed by atoms with E-state index >= 15 is 0 Å². The Balaban J connectivity index is 1.25. The van der Waals surface area contributed by atoms with Crippen LogP contribution < -0.4 is 0 Å². The molecule has 7 heteroatoms. The summed E-state index contributed by atoms with van der Waals surface area (Å²) >= 11 is 0. The van der Waals surface area contributed by atoms with Crippen molar-refractivity contribution >= 4 is 0 Å². The lowest BCUT2D eigenvalue weighted by Gasteiger charge is -2.29. The zero-order chi connectivity index (χ0) is 20.3. The second kappa shape index (κ2) is 8.20. The number of likely N-dealkylation sites (tertiary alicyclic amines) is 1. The van der Waals surface area contributed by atoms with E-state index in [1.54, 1.807) is 18.3 Å². The van der Waals surface area contributed by atoms with E-state index in [0.29, 0.717) is 24.2 Å². The predicted molar refractivity (Wildman–Crippen MR) is 109 cm³/mol. The molecule has 1 aliphatic heterocycles. The van der Waals surface area contributed by atoms with E-state index in [-0.39, 0.29) is 11.7 Å². The molecule has 0 bridgehead atoms. The first-order chi connectivity index (χ1) is 14.7. The van der Waals surface area contributed by atoms with Crippen molar-refractivity contribution in [3.63, 3.8) is 0 Å². The van der Waals surface area contributed by atoms with Crippen LogP contribution in [-0.4, -0.2) is 33.1 Å². The number of piperidine rings is 1. The summed E-state index contributed by atoms with van der Waals surface area (Å²) in [7, 11) is 0. The molecule has 4 aromatic rings. The van der Waals surface area contributed by atoms with E-state index in [9.17, 15) is 4.39 Å². The summed E-state index contributed by atoms with van der Waals surface area (Å²) in [4.78, 5) is 11.3. The lowest BCUT2D eigenvalue weighted by Crippen LogP contribution is -2.34. The molecule has 1 aliphatic rings. The maximum atomic E-state index is 13.1. The summed E-state index contributed by atoms with van der Waals surface area (Å²) in [6, 6.07) is 16.1. The average Bonchev–Trinajstić information content (AvgIpc) is 3.45. The first-order valence-corrected chi connectivity index (χ1v) is 10.1. The Morgan fingerprint density at radius 2 is 1.87 bits per heavy atom. The fourth-order valence-electron chi connectivity index (χ4n) is 3.83. The average molecular weight is 404 g/mol. The van der Waals surface area contributed by atoms with E-state index in [4.69, 9.17) is 8.94 Å². The van der Waals surface area contributed by atoms with E-state index in [2.05, 4.69) is 20.0 Å². The maximum absolute atomic E-state index is 13.1.